The number of ether oxygens (including phenoxy) is 1. The molecule has 20 heavy (non-hydrogen) atoms. The standard InChI is InChI=1S/C15H17ClN2O2/c1-3-18-15(19)12(10-16)9-14(17-18)11-5-7-13(8-6-11)20-4-2/h5-9H,3-4,10H2,1-2H3. The van der Waals surface area contributed by atoms with Gasteiger partial charge < -0.3 is 4.74 Å². The van der Waals surface area contributed by atoms with E-state index in [4.69, 9.17) is 16.3 Å². The van der Waals surface area contributed by atoms with E-state index in [-0.39, 0.29) is 11.4 Å². The molecule has 5 heteroatoms. The summed E-state index contributed by atoms with van der Waals surface area (Å²) in [5.41, 5.74) is 2.11. The quantitative estimate of drug-likeness (QED) is 0.796. The SMILES string of the molecule is CCOc1ccc(-c2cc(CCl)c(=O)n(CC)n2)cc1. The van der Waals surface area contributed by atoms with Gasteiger partial charge in [0.1, 0.15) is 5.75 Å². The van der Waals surface area contributed by atoms with Crippen LogP contribution in [0.2, 0.25) is 0 Å². The number of benzene rings is 1. The molecule has 1 aromatic carbocycles. The van der Waals surface area contributed by atoms with Crippen LogP contribution in [0, 0.1) is 0 Å². The van der Waals surface area contributed by atoms with Gasteiger partial charge in [0.2, 0.25) is 0 Å². The molecule has 1 heterocycles. The van der Waals surface area contributed by atoms with Crippen molar-refractivity contribution in [3.05, 3.63) is 46.2 Å². The molecule has 4 nitrogen and oxygen atoms in total. The number of nitrogens with zero attached hydrogens (tertiary/aromatic N) is 2. The lowest BCUT2D eigenvalue weighted by Gasteiger charge is -2.09. The maximum atomic E-state index is 11.9. The number of halogens is 1. The zero-order chi connectivity index (χ0) is 14.5. The Hall–Kier alpha value is -1.81. The van der Waals surface area contributed by atoms with E-state index in [9.17, 15) is 4.79 Å². The van der Waals surface area contributed by atoms with E-state index in [1.807, 2.05) is 38.1 Å². The Morgan fingerprint density at radius 1 is 1.25 bits per heavy atom. The average molecular weight is 293 g/mol. The van der Waals surface area contributed by atoms with Crippen molar-refractivity contribution in [2.75, 3.05) is 6.61 Å². The van der Waals surface area contributed by atoms with Crippen LogP contribution < -0.4 is 10.3 Å². The Labute approximate surface area is 123 Å². The highest BCUT2D eigenvalue weighted by molar-refractivity contribution is 6.17. The second-order valence-electron chi connectivity index (χ2n) is 4.27. The maximum absolute atomic E-state index is 11.9. The third-order valence-corrected chi connectivity index (χ3v) is 3.24. The minimum Gasteiger partial charge on any atom is -0.494 e. The fraction of sp³-hybridized carbons (Fsp3) is 0.333. The lowest BCUT2D eigenvalue weighted by atomic mass is 10.1. The van der Waals surface area contributed by atoms with Gasteiger partial charge in [0.25, 0.3) is 5.56 Å². The van der Waals surface area contributed by atoms with Crippen LogP contribution in [0.4, 0.5) is 0 Å². The van der Waals surface area contributed by atoms with Crippen LogP contribution >= 0.6 is 11.6 Å². The van der Waals surface area contributed by atoms with Crippen molar-refractivity contribution >= 4 is 11.6 Å². The first-order chi connectivity index (χ1) is 9.69. The predicted octanol–water partition coefficient (Wildman–Crippen LogP) is 3.07. The summed E-state index contributed by atoms with van der Waals surface area (Å²) >= 11 is 5.83. The summed E-state index contributed by atoms with van der Waals surface area (Å²) in [6.45, 7) is 4.98. The van der Waals surface area contributed by atoms with Gasteiger partial charge in [-0.2, -0.15) is 5.10 Å². The number of rotatable bonds is 5. The molecule has 1 aromatic heterocycles. The van der Waals surface area contributed by atoms with Gasteiger partial charge in [-0.25, -0.2) is 4.68 Å². The van der Waals surface area contributed by atoms with E-state index in [1.165, 1.54) is 4.68 Å². The highest BCUT2D eigenvalue weighted by atomic mass is 35.5. The molecule has 0 N–H and O–H groups in total. The first kappa shape index (κ1) is 14.6. The second kappa shape index (κ2) is 6.57. The molecule has 0 saturated heterocycles. The summed E-state index contributed by atoms with van der Waals surface area (Å²) < 4.78 is 6.84. The predicted molar refractivity (Wildman–Crippen MR) is 80.3 cm³/mol. The van der Waals surface area contributed by atoms with Crippen molar-refractivity contribution < 1.29 is 4.74 Å². The first-order valence-electron chi connectivity index (χ1n) is 6.59. The van der Waals surface area contributed by atoms with Crippen LogP contribution in [0.3, 0.4) is 0 Å². The van der Waals surface area contributed by atoms with Gasteiger partial charge in [-0.15, -0.1) is 11.6 Å². The third-order valence-electron chi connectivity index (χ3n) is 2.95. The first-order valence-corrected chi connectivity index (χ1v) is 7.13. The molecular weight excluding hydrogens is 276 g/mol. The molecular formula is C15H17ClN2O2. The smallest absolute Gasteiger partial charge is 0.271 e. The van der Waals surface area contributed by atoms with E-state index < -0.39 is 0 Å². The van der Waals surface area contributed by atoms with Gasteiger partial charge in [0, 0.05) is 17.7 Å². The van der Waals surface area contributed by atoms with Crippen molar-refractivity contribution in [3.8, 4) is 17.0 Å². The van der Waals surface area contributed by atoms with E-state index in [0.717, 1.165) is 17.0 Å². The van der Waals surface area contributed by atoms with Crippen LogP contribution in [0.1, 0.15) is 19.4 Å². The maximum Gasteiger partial charge on any atom is 0.271 e. The second-order valence-corrected chi connectivity index (χ2v) is 4.53. The van der Waals surface area contributed by atoms with Gasteiger partial charge in [-0.1, -0.05) is 0 Å². The van der Waals surface area contributed by atoms with Crippen molar-refractivity contribution in [1.82, 2.24) is 9.78 Å². The molecule has 0 aliphatic rings. The van der Waals surface area contributed by atoms with Crippen LogP contribution in [-0.4, -0.2) is 16.4 Å². The molecule has 106 valence electrons. The van der Waals surface area contributed by atoms with Crippen LogP contribution in [0.25, 0.3) is 11.3 Å². The average Bonchev–Trinajstić information content (AvgIpc) is 2.49. The Balaban J connectivity index is 2.44. The van der Waals surface area contributed by atoms with Crippen molar-refractivity contribution in [2.45, 2.75) is 26.3 Å². The molecule has 2 aromatic rings. The number of aryl methyl sites for hydroxylation is 1. The number of hydrogen-bond donors (Lipinski definition) is 0. The minimum absolute atomic E-state index is 0.128. The van der Waals surface area contributed by atoms with Gasteiger partial charge in [0.05, 0.1) is 18.2 Å². The molecule has 0 aliphatic heterocycles. The molecule has 0 atom stereocenters. The number of aromatic nitrogens is 2. The highest BCUT2D eigenvalue weighted by Crippen LogP contribution is 2.21. The molecule has 2 rings (SSSR count). The topological polar surface area (TPSA) is 44.1 Å². The third kappa shape index (κ3) is 3.02. The summed E-state index contributed by atoms with van der Waals surface area (Å²) in [5.74, 6) is 1.00. The van der Waals surface area contributed by atoms with E-state index in [1.54, 1.807) is 6.07 Å². The summed E-state index contributed by atoms with van der Waals surface area (Å²) in [6, 6.07) is 9.38. The van der Waals surface area contributed by atoms with Crippen molar-refractivity contribution in [2.24, 2.45) is 0 Å². The Kier molecular flexibility index (Phi) is 4.79. The lowest BCUT2D eigenvalue weighted by Crippen LogP contribution is -2.25. The monoisotopic (exact) mass is 292 g/mol. The van der Waals surface area contributed by atoms with E-state index >= 15 is 0 Å². The minimum atomic E-state index is -0.128. The number of alkyl halides is 1. The summed E-state index contributed by atoms with van der Waals surface area (Å²) in [4.78, 5) is 11.9. The largest absolute Gasteiger partial charge is 0.494 e. The fourth-order valence-electron chi connectivity index (χ4n) is 1.94. The summed E-state index contributed by atoms with van der Waals surface area (Å²) in [5, 5.41) is 4.35. The fourth-order valence-corrected chi connectivity index (χ4v) is 2.13. The van der Waals surface area contributed by atoms with Crippen LogP contribution in [-0.2, 0) is 12.4 Å². The normalized spacial score (nSPS) is 10.6. The van der Waals surface area contributed by atoms with E-state index in [0.29, 0.717) is 18.7 Å². The van der Waals surface area contributed by atoms with Crippen molar-refractivity contribution in [3.63, 3.8) is 0 Å². The highest BCUT2D eigenvalue weighted by Gasteiger charge is 2.08. The van der Waals surface area contributed by atoms with Gasteiger partial charge in [-0.05, 0) is 44.2 Å². The summed E-state index contributed by atoms with van der Waals surface area (Å²) in [7, 11) is 0. The molecule has 0 spiro atoms. The summed E-state index contributed by atoms with van der Waals surface area (Å²) in [6.07, 6.45) is 0. The molecule has 0 aliphatic carbocycles. The zero-order valence-corrected chi connectivity index (χ0v) is 12.4. The molecule has 0 amide bonds. The van der Waals surface area contributed by atoms with Gasteiger partial charge >= 0.3 is 0 Å². The zero-order valence-electron chi connectivity index (χ0n) is 11.6. The van der Waals surface area contributed by atoms with E-state index in [2.05, 4.69) is 5.10 Å². The lowest BCUT2D eigenvalue weighted by molar-refractivity contribution is 0.340. The molecule has 0 radical (unpaired) electrons. The van der Waals surface area contributed by atoms with Gasteiger partial charge in [0.15, 0.2) is 0 Å². The molecule has 0 saturated carbocycles. The van der Waals surface area contributed by atoms with Crippen LogP contribution in [0.15, 0.2) is 35.1 Å². The molecule has 0 bridgehead atoms. The Morgan fingerprint density at radius 2 is 1.95 bits per heavy atom. The van der Waals surface area contributed by atoms with Gasteiger partial charge in [-0.3, -0.25) is 4.79 Å². The molecule has 0 fully saturated rings. The Bertz CT molecular complexity index is 607. The number of hydrogen-bond acceptors (Lipinski definition) is 3. The van der Waals surface area contributed by atoms with Crippen molar-refractivity contribution in [1.29, 1.82) is 0 Å². The Morgan fingerprint density at radius 3 is 2.50 bits per heavy atom. The molecule has 0 unspecified atom stereocenters. The van der Waals surface area contributed by atoms with Crippen LogP contribution in [0.5, 0.6) is 5.75 Å².